The van der Waals surface area contributed by atoms with Gasteiger partial charge in [0, 0.05) is 11.0 Å². The summed E-state index contributed by atoms with van der Waals surface area (Å²) in [6.07, 6.45) is -2.81. The normalized spacial score (nSPS) is 10.3. The minimum Gasteiger partial charge on any atom is -0.325 e. The number of alkyl halides is 3. The van der Waals surface area contributed by atoms with Crippen molar-refractivity contribution in [2.75, 3.05) is 0 Å². The smallest absolute Gasteiger partial charge is 0.269 e. The molecule has 15 heavy (non-hydrogen) atoms. The van der Waals surface area contributed by atoms with E-state index in [0.29, 0.717) is 5.69 Å². The van der Waals surface area contributed by atoms with E-state index in [1.807, 2.05) is 6.07 Å². The second-order valence-corrected chi connectivity index (χ2v) is 3.39. The highest BCUT2D eigenvalue weighted by Crippen LogP contribution is 2.21. The molecule has 0 amide bonds. The predicted molar refractivity (Wildman–Crippen MR) is 54.0 cm³/mol. The summed E-state index contributed by atoms with van der Waals surface area (Å²) in [6, 6.07) is 3.24. The van der Waals surface area contributed by atoms with Crippen molar-refractivity contribution < 1.29 is 8.78 Å². The maximum Gasteiger partial charge on any atom is 0.269 e. The molecule has 0 spiro atoms. The average molecular weight is 277 g/mol. The molecule has 0 aromatic carbocycles. The van der Waals surface area contributed by atoms with Crippen LogP contribution in [0, 0.1) is 11.3 Å². The van der Waals surface area contributed by atoms with E-state index >= 15 is 0 Å². The van der Waals surface area contributed by atoms with Crippen LogP contribution in [0.15, 0.2) is 10.9 Å². The van der Waals surface area contributed by atoms with E-state index in [1.54, 1.807) is 0 Å². The number of nitriles is 1. The van der Waals surface area contributed by atoms with E-state index in [2.05, 4.69) is 20.9 Å². The number of hydrogen-bond donors (Lipinski definition) is 1. The van der Waals surface area contributed by atoms with Gasteiger partial charge in [-0.3, -0.25) is 4.79 Å². The number of nitrogens with one attached hydrogen (secondary N) is 1. The molecule has 0 aliphatic heterocycles. The third-order valence-corrected chi connectivity index (χ3v) is 2.45. The van der Waals surface area contributed by atoms with E-state index in [4.69, 9.17) is 5.26 Å². The maximum atomic E-state index is 12.5. The Labute approximate surface area is 92.9 Å². The van der Waals surface area contributed by atoms with Gasteiger partial charge < -0.3 is 4.98 Å². The Bertz CT molecular complexity index is 450. The molecule has 0 saturated heterocycles. The Kier molecular flexibility index (Phi) is 3.97. The molecule has 1 N–H and O–H groups in total. The van der Waals surface area contributed by atoms with Crippen LogP contribution >= 0.6 is 15.9 Å². The molecule has 0 fully saturated rings. The van der Waals surface area contributed by atoms with E-state index in [9.17, 15) is 13.6 Å². The van der Waals surface area contributed by atoms with Gasteiger partial charge in [0.25, 0.3) is 12.0 Å². The van der Waals surface area contributed by atoms with Crippen LogP contribution in [0.1, 0.15) is 23.2 Å². The first kappa shape index (κ1) is 11.9. The molecule has 0 aliphatic rings. The number of aromatic amines is 1. The van der Waals surface area contributed by atoms with E-state index in [0.717, 1.165) is 0 Å². The van der Waals surface area contributed by atoms with Crippen LogP contribution in [0.5, 0.6) is 0 Å². The fraction of sp³-hybridized carbons (Fsp3) is 0.333. The molecule has 3 nitrogen and oxygen atoms in total. The quantitative estimate of drug-likeness (QED) is 0.861. The molecule has 0 unspecified atom stereocenters. The number of H-pyrrole nitrogens is 1. The summed E-state index contributed by atoms with van der Waals surface area (Å²) in [7, 11) is 0. The van der Waals surface area contributed by atoms with Crippen LogP contribution in [-0.4, -0.2) is 4.98 Å². The molecular formula is C9H7BrF2N2O. The van der Waals surface area contributed by atoms with Gasteiger partial charge in [-0.15, -0.1) is 0 Å². The Hall–Kier alpha value is -1.22. The largest absolute Gasteiger partial charge is 0.325 e. The lowest BCUT2D eigenvalue weighted by Gasteiger charge is -2.06. The third kappa shape index (κ3) is 2.63. The van der Waals surface area contributed by atoms with Crippen LogP contribution in [0.2, 0.25) is 0 Å². The second-order valence-electron chi connectivity index (χ2n) is 2.83. The lowest BCUT2D eigenvalue weighted by Crippen LogP contribution is -2.17. The fourth-order valence-electron chi connectivity index (χ4n) is 1.21. The standard InChI is InChI=1S/C9H7BrF2N2O/c10-4-5-3-6(1-2-13)14-9(15)7(5)8(11)12/h3,8H,1,4H2,(H,14,15). The molecule has 0 aliphatic carbocycles. The Morgan fingerprint density at radius 1 is 1.60 bits per heavy atom. The minimum absolute atomic E-state index is 0.00123. The summed E-state index contributed by atoms with van der Waals surface area (Å²) in [6.45, 7) is 0. The van der Waals surface area contributed by atoms with Crippen LogP contribution in [0.25, 0.3) is 0 Å². The van der Waals surface area contributed by atoms with Crippen molar-refractivity contribution in [1.29, 1.82) is 5.26 Å². The van der Waals surface area contributed by atoms with Crippen molar-refractivity contribution in [3.63, 3.8) is 0 Å². The SMILES string of the molecule is N#CCc1cc(CBr)c(C(F)F)c(=O)[nH]1. The Morgan fingerprint density at radius 2 is 2.27 bits per heavy atom. The zero-order valence-corrected chi connectivity index (χ0v) is 9.14. The fourth-order valence-corrected chi connectivity index (χ4v) is 1.68. The van der Waals surface area contributed by atoms with E-state index < -0.39 is 17.5 Å². The summed E-state index contributed by atoms with van der Waals surface area (Å²) in [4.78, 5) is 13.5. The van der Waals surface area contributed by atoms with Gasteiger partial charge in [-0.2, -0.15) is 5.26 Å². The molecule has 0 radical (unpaired) electrons. The first-order valence-electron chi connectivity index (χ1n) is 4.06. The first-order valence-corrected chi connectivity index (χ1v) is 5.18. The minimum atomic E-state index is -2.81. The highest BCUT2D eigenvalue weighted by atomic mass is 79.9. The summed E-state index contributed by atoms with van der Waals surface area (Å²) in [5.74, 6) is 0. The molecule has 1 aromatic rings. The number of aromatic nitrogens is 1. The predicted octanol–water partition coefficient (Wildman–Crippen LogP) is 2.27. The van der Waals surface area contributed by atoms with Crippen LogP contribution < -0.4 is 5.56 Å². The first-order chi connectivity index (χ1) is 7.10. The molecule has 6 heteroatoms. The van der Waals surface area contributed by atoms with Crippen LogP contribution in [0.3, 0.4) is 0 Å². The van der Waals surface area contributed by atoms with Gasteiger partial charge in [0.05, 0.1) is 18.1 Å². The highest BCUT2D eigenvalue weighted by molar-refractivity contribution is 9.08. The number of nitrogens with zero attached hydrogens (tertiary/aromatic N) is 1. The maximum absolute atomic E-state index is 12.5. The third-order valence-electron chi connectivity index (χ3n) is 1.84. The molecule has 0 bridgehead atoms. The lowest BCUT2D eigenvalue weighted by atomic mass is 10.1. The van der Waals surface area contributed by atoms with Gasteiger partial charge >= 0.3 is 0 Å². The Balaban J connectivity index is 3.32. The van der Waals surface area contributed by atoms with Gasteiger partial charge in [-0.25, -0.2) is 8.78 Å². The molecule has 0 saturated carbocycles. The van der Waals surface area contributed by atoms with Gasteiger partial charge in [0.15, 0.2) is 0 Å². The van der Waals surface area contributed by atoms with Gasteiger partial charge in [0.2, 0.25) is 0 Å². The molecular weight excluding hydrogens is 270 g/mol. The van der Waals surface area contributed by atoms with Crippen molar-refractivity contribution in [1.82, 2.24) is 4.98 Å². The number of rotatable bonds is 3. The van der Waals surface area contributed by atoms with Crippen LogP contribution in [0.4, 0.5) is 8.78 Å². The molecule has 80 valence electrons. The summed E-state index contributed by atoms with van der Waals surface area (Å²) < 4.78 is 25.0. The van der Waals surface area contributed by atoms with Crippen LogP contribution in [-0.2, 0) is 11.8 Å². The van der Waals surface area contributed by atoms with Gasteiger partial charge in [0.1, 0.15) is 0 Å². The second kappa shape index (κ2) is 5.03. The van der Waals surface area contributed by atoms with Crippen molar-refractivity contribution >= 4 is 15.9 Å². The summed E-state index contributed by atoms with van der Waals surface area (Å²) >= 11 is 3.03. The van der Waals surface area contributed by atoms with Crippen molar-refractivity contribution in [2.45, 2.75) is 18.2 Å². The number of halogens is 3. The molecule has 1 heterocycles. The number of pyridine rings is 1. The zero-order valence-electron chi connectivity index (χ0n) is 7.56. The van der Waals surface area contributed by atoms with Crippen molar-refractivity contribution in [2.24, 2.45) is 0 Å². The topological polar surface area (TPSA) is 56.6 Å². The summed E-state index contributed by atoms with van der Waals surface area (Å²) in [5.41, 5.74) is -0.791. The molecule has 1 rings (SSSR count). The number of hydrogen-bond acceptors (Lipinski definition) is 2. The molecule has 0 atom stereocenters. The Morgan fingerprint density at radius 3 is 2.73 bits per heavy atom. The highest BCUT2D eigenvalue weighted by Gasteiger charge is 2.17. The monoisotopic (exact) mass is 276 g/mol. The summed E-state index contributed by atoms with van der Waals surface area (Å²) in [5, 5.41) is 8.58. The zero-order chi connectivity index (χ0) is 11.4. The van der Waals surface area contributed by atoms with Crippen molar-refractivity contribution in [3.8, 4) is 6.07 Å². The average Bonchev–Trinajstić information content (AvgIpc) is 2.16. The van der Waals surface area contributed by atoms with Gasteiger partial charge in [-0.1, -0.05) is 15.9 Å². The van der Waals surface area contributed by atoms with E-state index in [1.165, 1.54) is 6.07 Å². The lowest BCUT2D eigenvalue weighted by molar-refractivity contribution is 0.148. The van der Waals surface area contributed by atoms with Crippen molar-refractivity contribution in [3.05, 3.63) is 33.2 Å². The van der Waals surface area contributed by atoms with E-state index in [-0.39, 0.29) is 17.3 Å². The van der Waals surface area contributed by atoms with Gasteiger partial charge in [-0.05, 0) is 11.6 Å². The molecule has 1 aromatic heterocycles.